The van der Waals surface area contributed by atoms with Gasteiger partial charge in [-0.25, -0.2) is 0 Å². The van der Waals surface area contributed by atoms with Crippen LogP contribution in [0.5, 0.6) is 0 Å². The predicted octanol–water partition coefficient (Wildman–Crippen LogP) is 0.372. The number of hydrogen-bond acceptors (Lipinski definition) is 6. The van der Waals surface area contributed by atoms with E-state index < -0.39 is 5.54 Å². The van der Waals surface area contributed by atoms with Gasteiger partial charge in [0.05, 0.1) is 17.8 Å². The van der Waals surface area contributed by atoms with E-state index in [0.29, 0.717) is 43.0 Å². The third kappa shape index (κ3) is 2.68. The number of carbonyl (C=O) groups is 1. The maximum absolute atomic E-state index is 12.2. The molecule has 18 heavy (non-hydrogen) atoms. The molecule has 0 bridgehead atoms. The highest BCUT2D eigenvalue weighted by Gasteiger charge is 2.34. The minimum atomic E-state index is -0.565. The largest absolute Gasteiger partial charge is 0.394 e. The Morgan fingerprint density at radius 2 is 2.28 bits per heavy atom. The van der Waals surface area contributed by atoms with Crippen molar-refractivity contribution in [3.63, 3.8) is 0 Å². The SMILES string of the molecule is CCc1nnsc1C(=O)NC1(CO)CCOCC1. The van der Waals surface area contributed by atoms with Gasteiger partial charge in [-0.2, -0.15) is 0 Å². The zero-order chi connectivity index (χ0) is 13.0. The molecule has 2 rings (SSSR count). The molecule has 6 nitrogen and oxygen atoms in total. The molecular weight excluding hydrogens is 254 g/mol. The molecule has 7 heteroatoms. The fourth-order valence-corrected chi connectivity index (χ4v) is 2.64. The Balaban J connectivity index is 2.10. The summed E-state index contributed by atoms with van der Waals surface area (Å²) in [7, 11) is 0. The molecule has 1 amide bonds. The van der Waals surface area contributed by atoms with Gasteiger partial charge in [0.1, 0.15) is 4.88 Å². The molecule has 100 valence electrons. The predicted molar refractivity (Wildman–Crippen MR) is 66.6 cm³/mol. The van der Waals surface area contributed by atoms with E-state index in [1.54, 1.807) is 0 Å². The lowest BCUT2D eigenvalue weighted by atomic mass is 9.91. The number of ether oxygens (including phenoxy) is 1. The molecule has 1 aromatic heterocycles. The maximum atomic E-state index is 12.2. The van der Waals surface area contributed by atoms with Crippen LogP contribution in [0.2, 0.25) is 0 Å². The van der Waals surface area contributed by atoms with E-state index in [4.69, 9.17) is 4.74 Å². The van der Waals surface area contributed by atoms with E-state index in [2.05, 4.69) is 14.9 Å². The van der Waals surface area contributed by atoms with E-state index in [1.165, 1.54) is 0 Å². The summed E-state index contributed by atoms with van der Waals surface area (Å²) in [4.78, 5) is 12.7. The third-order valence-corrected chi connectivity index (χ3v) is 4.00. The summed E-state index contributed by atoms with van der Waals surface area (Å²) in [5.41, 5.74) is 0.141. The normalized spacial score (nSPS) is 18.6. The molecule has 1 aromatic rings. The highest BCUT2D eigenvalue weighted by molar-refractivity contribution is 7.08. The van der Waals surface area contributed by atoms with E-state index >= 15 is 0 Å². The van der Waals surface area contributed by atoms with Crippen LogP contribution in [0.15, 0.2) is 0 Å². The van der Waals surface area contributed by atoms with Gasteiger partial charge >= 0.3 is 0 Å². The number of aryl methyl sites for hydroxylation is 1. The van der Waals surface area contributed by atoms with E-state index in [-0.39, 0.29) is 12.5 Å². The average Bonchev–Trinajstić information content (AvgIpc) is 2.88. The summed E-state index contributed by atoms with van der Waals surface area (Å²) < 4.78 is 9.06. The molecule has 1 aliphatic rings. The Hall–Kier alpha value is -1.05. The summed E-state index contributed by atoms with van der Waals surface area (Å²) >= 11 is 1.09. The van der Waals surface area contributed by atoms with Crippen molar-refractivity contribution < 1.29 is 14.6 Å². The summed E-state index contributed by atoms with van der Waals surface area (Å²) in [6.07, 6.45) is 1.93. The lowest BCUT2D eigenvalue weighted by Crippen LogP contribution is -2.54. The first kappa shape index (κ1) is 13.4. The Kier molecular flexibility index (Phi) is 4.26. The van der Waals surface area contributed by atoms with Crippen molar-refractivity contribution >= 4 is 17.4 Å². The van der Waals surface area contributed by atoms with Crippen molar-refractivity contribution in [1.29, 1.82) is 0 Å². The summed E-state index contributed by atoms with van der Waals surface area (Å²) in [6, 6.07) is 0. The molecule has 0 aliphatic carbocycles. The summed E-state index contributed by atoms with van der Waals surface area (Å²) in [5.74, 6) is -0.196. The average molecular weight is 271 g/mol. The van der Waals surface area contributed by atoms with Crippen LogP contribution in [0.1, 0.15) is 35.1 Å². The number of carbonyl (C=O) groups excluding carboxylic acids is 1. The molecule has 0 aromatic carbocycles. The molecule has 0 unspecified atom stereocenters. The van der Waals surface area contributed by atoms with Crippen molar-refractivity contribution in [2.45, 2.75) is 31.7 Å². The first-order valence-electron chi connectivity index (χ1n) is 6.03. The Labute approximate surface area is 110 Å². The molecule has 0 spiro atoms. The number of nitrogens with one attached hydrogen (secondary N) is 1. The van der Waals surface area contributed by atoms with Crippen LogP contribution in [0.4, 0.5) is 0 Å². The number of aliphatic hydroxyl groups excluding tert-OH is 1. The van der Waals surface area contributed by atoms with Crippen LogP contribution in [-0.4, -0.2) is 46.0 Å². The third-order valence-electron chi connectivity index (χ3n) is 3.23. The van der Waals surface area contributed by atoms with Crippen molar-refractivity contribution in [2.24, 2.45) is 0 Å². The van der Waals surface area contributed by atoms with Crippen LogP contribution in [0.25, 0.3) is 0 Å². The van der Waals surface area contributed by atoms with Crippen LogP contribution < -0.4 is 5.32 Å². The molecule has 2 heterocycles. The molecule has 1 fully saturated rings. The van der Waals surface area contributed by atoms with Gasteiger partial charge in [0.25, 0.3) is 5.91 Å². The van der Waals surface area contributed by atoms with Crippen molar-refractivity contribution in [1.82, 2.24) is 14.9 Å². The lowest BCUT2D eigenvalue weighted by Gasteiger charge is -2.36. The van der Waals surface area contributed by atoms with E-state index in [9.17, 15) is 9.90 Å². The maximum Gasteiger partial charge on any atom is 0.265 e. The monoisotopic (exact) mass is 271 g/mol. The minimum Gasteiger partial charge on any atom is -0.394 e. The zero-order valence-electron chi connectivity index (χ0n) is 10.3. The number of hydrogen-bond donors (Lipinski definition) is 2. The Morgan fingerprint density at radius 1 is 1.56 bits per heavy atom. The smallest absolute Gasteiger partial charge is 0.265 e. The fourth-order valence-electron chi connectivity index (χ4n) is 1.99. The summed E-state index contributed by atoms with van der Waals surface area (Å²) in [6.45, 7) is 2.98. The molecule has 0 saturated carbocycles. The van der Waals surface area contributed by atoms with Gasteiger partial charge in [-0.1, -0.05) is 11.4 Å². The highest BCUT2D eigenvalue weighted by atomic mass is 32.1. The first-order valence-corrected chi connectivity index (χ1v) is 6.80. The van der Waals surface area contributed by atoms with Gasteiger partial charge < -0.3 is 15.2 Å². The molecule has 2 N–H and O–H groups in total. The van der Waals surface area contributed by atoms with Crippen molar-refractivity contribution in [3.05, 3.63) is 10.6 Å². The number of aliphatic hydroxyl groups is 1. The Bertz CT molecular complexity index is 415. The molecule has 1 saturated heterocycles. The van der Waals surface area contributed by atoms with Crippen LogP contribution in [0.3, 0.4) is 0 Å². The lowest BCUT2D eigenvalue weighted by molar-refractivity contribution is 0.0126. The quantitative estimate of drug-likeness (QED) is 0.826. The number of rotatable bonds is 4. The topological polar surface area (TPSA) is 84.3 Å². The minimum absolute atomic E-state index is 0.0736. The standard InChI is InChI=1S/C11H17N3O3S/c1-2-8-9(18-14-13-8)10(16)12-11(7-15)3-5-17-6-4-11/h15H,2-7H2,1H3,(H,12,16). The fraction of sp³-hybridized carbons (Fsp3) is 0.727. The zero-order valence-corrected chi connectivity index (χ0v) is 11.1. The van der Waals surface area contributed by atoms with Gasteiger partial charge in [-0.3, -0.25) is 4.79 Å². The van der Waals surface area contributed by atoms with Gasteiger partial charge in [0.2, 0.25) is 0 Å². The van der Waals surface area contributed by atoms with Gasteiger partial charge in [-0.05, 0) is 30.8 Å². The second-order valence-corrected chi connectivity index (χ2v) is 5.16. The van der Waals surface area contributed by atoms with E-state index in [0.717, 1.165) is 11.5 Å². The molecule has 0 radical (unpaired) electrons. The second kappa shape index (κ2) is 5.73. The number of nitrogens with zero attached hydrogens (tertiary/aromatic N) is 2. The van der Waals surface area contributed by atoms with Crippen molar-refractivity contribution in [2.75, 3.05) is 19.8 Å². The van der Waals surface area contributed by atoms with E-state index in [1.807, 2.05) is 6.92 Å². The number of aromatic nitrogens is 2. The first-order chi connectivity index (χ1) is 8.71. The van der Waals surface area contributed by atoms with Crippen LogP contribution in [0, 0.1) is 0 Å². The Morgan fingerprint density at radius 3 is 2.89 bits per heavy atom. The second-order valence-electron chi connectivity index (χ2n) is 4.41. The van der Waals surface area contributed by atoms with Gasteiger partial charge in [0.15, 0.2) is 0 Å². The molecule has 1 aliphatic heterocycles. The number of amides is 1. The highest BCUT2D eigenvalue weighted by Crippen LogP contribution is 2.22. The van der Waals surface area contributed by atoms with Crippen LogP contribution in [-0.2, 0) is 11.2 Å². The van der Waals surface area contributed by atoms with Gasteiger partial charge in [0, 0.05) is 13.2 Å². The molecular formula is C11H17N3O3S. The molecule has 0 atom stereocenters. The van der Waals surface area contributed by atoms with Crippen molar-refractivity contribution in [3.8, 4) is 0 Å². The summed E-state index contributed by atoms with van der Waals surface area (Å²) in [5, 5.41) is 16.4. The van der Waals surface area contributed by atoms with Gasteiger partial charge in [-0.15, -0.1) is 5.10 Å². The van der Waals surface area contributed by atoms with Crippen LogP contribution >= 0.6 is 11.5 Å².